The minimum atomic E-state index is 0.738. The Bertz CT molecular complexity index is 913. The van der Waals surface area contributed by atoms with Gasteiger partial charge in [0.2, 0.25) is 0 Å². The topological polar surface area (TPSA) is 41.6 Å². The van der Waals surface area contributed by atoms with Crippen molar-refractivity contribution in [2.24, 2.45) is 0 Å². The maximum absolute atomic E-state index is 6.04. The normalized spacial score (nSPS) is 11.2. The van der Waals surface area contributed by atoms with Crippen molar-refractivity contribution in [3.05, 3.63) is 59.9 Å². The summed E-state index contributed by atoms with van der Waals surface area (Å²) < 4.78 is 0. The Morgan fingerprint density at radius 2 is 1.70 bits per heavy atom. The largest absolute Gasteiger partial charge is 0.277 e. The lowest BCUT2D eigenvalue weighted by Gasteiger charge is -2.01. The van der Waals surface area contributed by atoms with Crippen LogP contribution in [0, 0.1) is 0 Å². The molecule has 2 aromatic heterocycles. The summed E-state index contributed by atoms with van der Waals surface area (Å²) in [6, 6.07) is 14.0. The van der Waals surface area contributed by atoms with Gasteiger partial charge in [-0.2, -0.15) is 5.10 Å². The Kier molecular flexibility index (Phi) is 2.47. The zero-order valence-electron chi connectivity index (χ0n) is 10.5. The van der Waals surface area contributed by atoms with E-state index in [0.717, 1.165) is 38.0 Å². The van der Waals surface area contributed by atoms with E-state index in [2.05, 4.69) is 27.3 Å². The van der Waals surface area contributed by atoms with Crippen molar-refractivity contribution in [2.75, 3.05) is 0 Å². The maximum atomic E-state index is 6.04. The number of hydrogen-bond donors (Lipinski definition) is 1. The van der Waals surface area contributed by atoms with Crippen LogP contribution in [-0.2, 0) is 0 Å². The zero-order valence-corrected chi connectivity index (χ0v) is 11.2. The Morgan fingerprint density at radius 1 is 0.900 bits per heavy atom. The van der Waals surface area contributed by atoms with E-state index in [1.165, 1.54) is 0 Å². The van der Waals surface area contributed by atoms with Crippen LogP contribution >= 0.6 is 11.6 Å². The molecule has 2 heterocycles. The molecule has 0 aliphatic rings. The minimum absolute atomic E-state index is 0.738. The van der Waals surface area contributed by atoms with Crippen LogP contribution in [0.4, 0.5) is 0 Å². The highest BCUT2D eigenvalue weighted by Gasteiger charge is 2.10. The van der Waals surface area contributed by atoms with Crippen LogP contribution in [0.3, 0.4) is 0 Å². The highest BCUT2D eigenvalue weighted by molar-refractivity contribution is 6.31. The summed E-state index contributed by atoms with van der Waals surface area (Å²) in [5.41, 5.74) is 3.06. The molecule has 4 rings (SSSR count). The lowest BCUT2D eigenvalue weighted by atomic mass is 10.0. The molecule has 1 N–H and O–H groups in total. The van der Waals surface area contributed by atoms with Gasteiger partial charge in [-0.05, 0) is 35.7 Å². The van der Waals surface area contributed by atoms with E-state index in [1.807, 2.05) is 30.3 Å². The molecule has 0 atom stereocenters. The minimum Gasteiger partial charge on any atom is -0.277 e. The Morgan fingerprint density at radius 3 is 2.55 bits per heavy atom. The third kappa shape index (κ3) is 1.67. The number of halogens is 1. The van der Waals surface area contributed by atoms with Crippen molar-refractivity contribution in [1.82, 2.24) is 15.2 Å². The van der Waals surface area contributed by atoms with Crippen molar-refractivity contribution in [3.63, 3.8) is 0 Å². The van der Waals surface area contributed by atoms with Crippen LogP contribution in [0.25, 0.3) is 32.9 Å². The standard InChI is InChI=1S/C16H10ClN3/c17-12-2-4-13-11(9-12)1-3-14-15(19-20-16(13)14)10-5-7-18-8-6-10/h1-9H,(H,19,20). The molecule has 0 saturated carbocycles. The molecule has 0 bridgehead atoms. The van der Waals surface area contributed by atoms with Crippen molar-refractivity contribution < 1.29 is 0 Å². The van der Waals surface area contributed by atoms with Gasteiger partial charge >= 0.3 is 0 Å². The lowest BCUT2D eigenvalue weighted by molar-refractivity contribution is 1.12. The van der Waals surface area contributed by atoms with E-state index in [9.17, 15) is 0 Å². The number of fused-ring (bicyclic) bond motifs is 3. The second-order valence-electron chi connectivity index (χ2n) is 4.66. The number of nitrogens with zero attached hydrogens (tertiary/aromatic N) is 2. The molecule has 4 aromatic rings. The molecule has 0 aliphatic heterocycles. The second kappa shape index (κ2) is 4.32. The number of benzene rings is 2. The number of nitrogens with one attached hydrogen (secondary N) is 1. The van der Waals surface area contributed by atoms with Crippen molar-refractivity contribution in [1.29, 1.82) is 0 Å². The van der Waals surface area contributed by atoms with Gasteiger partial charge in [-0.15, -0.1) is 0 Å². The highest BCUT2D eigenvalue weighted by atomic mass is 35.5. The van der Waals surface area contributed by atoms with Gasteiger partial charge in [-0.1, -0.05) is 23.7 Å². The first-order chi connectivity index (χ1) is 9.83. The van der Waals surface area contributed by atoms with Gasteiger partial charge in [-0.25, -0.2) is 0 Å². The van der Waals surface area contributed by atoms with E-state index in [0.29, 0.717) is 0 Å². The summed E-state index contributed by atoms with van der Waals surface area (Å²) in [5, 5.41) is 11.6. The smallest absolute Gasteiger partial charge is 0.101 e. The SMILES string of the molecule is Clc1ccc2c(ccc3c(-c4ccncc4)[nH]nc32)c1. The Hall–Kier alpha value is -2.39. The van der Waals surface area contributed by atoms with Crippen molar-refractivity contribution >= 4 is 33.3 Å². The number of H-pyrrole nitrogens is 1. The van der Waals surface area contributed by atoms with Gasteiger partial charge < -0.3 is 0 Å². The van der Waals surface area contributed by atoms with E-state index >= 15 is 0 Å². The molecule has 0 radical (unpaired) electrons. The number of aromatic nitrogens is 3. The van der Waals surface area contributed by atoms with Gasteiger partial charge in [0.1, 0.15) is 5.52 Å². The summed E-state index contributed by atoms with van der Waals surface area (Å²) in [4.78, 5) is 4.05. The molecule has 0 aliphatic carbocycles. The first kappa shape index (κ1) is 11.4. The lowest BCUT2D eigenvalue weighted by Crippen LogP contribution is -1.79. The predicted octanol–water partition coefficient (Wildman–Crippen LogP) is 4.43. The number of hydrogen-bond acceptors (Lipinski definition) is 2. The highest BCUT2D eigenvalue weighted by Crippen LogP contribution is 2.31. The molecule has 0 spiro atoms. The average Bonchev–Trinajstić information content (AvgIpc) is 2.92. The third-order valence-corrected chi connectivity index (χ3v) is 3.71. The average molecular weight is 280 g/mol. The third-order valence-electron chi connectivity index (χ3n) is 3.47. The van der Waals surface area contributed by atoms with Crippen LogP contribution in [0.5, 0.6) is 0 Å². The van der Waals surface area contributed by atoms with E-state index in [1.54, 1.807) is 12.4 Å². The molecule has 0 amide bonds. The van der Waals surface area contributed by atoms with Gasteiger partial charge in [0.25, 0.3) is 0 Å². The fourth-order valence-electron chi connectivity index (χ4n) is 2.52. The van der Waals surface area contributed by atoms with Crippen molar-refractivity contribution in [3.8, 4) is 11.3 Å². The molecule has 20 heavy (non-hydrogen) atoms. The zero-order chi connectivity index (χ0) is 13.5. The molecule has 2 aromatic carbocycles. The monoisotopic (exact) mass is 279 g/mol. The fraction of sp³-hybridized carbons (Fsp3) is 0. The Labute approximate surface area is 120 Å². The first-order valence-electron chi connectivity index (χ1n) is 6.30. The van der Waals surface area contributed by atoms with Crippen LogP contribution in [0.2, 0.25) is 5.02 Å². The fourth-order valence-corrected chi connectivity index (χ4v) is 2.70. The molecular formula is C16H10ClN3. The van der Waals surface area contributed by atoms with Crippen LogP contribution in [-0.4, -0.2) is 15.2 Å². The molecular weight excluding hydrogens is 270 g/mol. The number of pyridine rings is 1. The van der Waals surface area contributed by atoms with Gasteiger partial charge in [0, 0.05) is 33.8 Å². The van der Waals surface area contributed by atoms with Crippen molar-refractivity contribution in [2.45, 2.75) is 0 Å². The van der Waals surface area contributed by atoms with Crippen LogP contribution in [0.1, 0.15) is 0 Å². The van der Waals surface area contributed by atoms with Gasteiger partial charge in [0.05, 0.1) is 5.69 Å². The summed E-state index contributed by atoms with van der Waals surface area (Å²) in [6.07, 6.45) is 3.56. The second-order valence-corrected chi connectivity index (χ2v) is 5.10. The molecule has 4 heteroatoms. The first-order valence-corrected chi connectivity index (χ1v) is 6.67. The molecule has 3 nitrogen and oxygen atoms in total. The predicted molar refractivity (Wildman–Crippen MR) is 81.8 cm³/mol. The van der Waals surface area contributed by atoms with Gasteiger partial charge in [-0.3, -0.25) is 10.1 Å². The van der Waals surface area contributed by atoms with Gasteiger partial charge in [0.15, 0.2) is 0 Å². The number of aromatic amines is 1. The maximum Gasteiger partial charge on any atom is 0.101 e. The van der Waals surface area contributed by atoms with E-state index in [4.69, 9.17) is 11.6 Å². The number of rotatable bonds is 1. The molecule has 0 fully saturated rings. The molecule has 96 valence electrons. The summed E-state index contributed by atoms with van der Waals surface area (Å²) in [6.45, 7) is 0. The van der Waals surface area contributed by atoms with Crippen LogP contribution in [0.15, 0.2) is 54.9 Å². The Balaban J connectivity index is 2.05. The van der Waals surface area contributed by atoms with E-state index in [-0.39, 0.29) is 0 Å². The summed E-state index contributed by atoms with van der Waals surface area (Å²) in [7, 11) is 0. The molecule has 0 unspecified atom stereocenters. The molecule has 0 saturated heterocycles. The van der Waals surface area contributed by atoms with Crippen LogP contribution < -0.4 is 0 Å². The quantitative estimate of drug-likeness (QED) is 0.560. The summed E-state index contributed by atoms with van der Waals surface area (Å²) >= 11 is 6.04. The van der Waals surface area contributed by atoms with E-state index < -0.39 is 0 Å². The summed E-state index contributed by atoms with van der Waals surface area (Å²) in [5.74, 6) is 0.